The van der Waals surface area contributed by atoms with Crippen LogP contribution in [-0.2, 0) is 10.4 Å². The van der Waals surface area contributed by atoms with E-state index in [2.05, 4.69) is 10.9 Å². The van der Waals surface area contributed by atoms with Crippen LogP contribution in [0.3, 0.4) is 0 Å². The molecule has 5 nitrogen and oxygen atoms in total. The fourth-order valence-electron chi connectivity index (χ4n) is 3.13. The minimum Gasteiger partial charge on any atom is -0.495 e. The standard InChI is InChI=1S/C23H24N2O3/c1-16-8-6-10-18(14-16)23(27,19-11-7-9-17(2)15-19)22(26)25-24-20-12-4-5-13-21(20)28-3/h4-15,24,27H,1-3H3,(H,25,26). The highest BCUT2D eigenvalue weighted by molar-refractivity contribution is 5.91. The number of anilines is 1. The summed E-state index contributed by atoms with van der Waals surface area (Å²) in [4.78, 5) is 13.2. The summed E-state index contributed by atoms with van der Waals surface area (Å²) in [6.07, 6.45) is 0. The highest BCUT2D eigenvalue weighted by Gasteiger charge is 2.40. The number of rotatable bonds is 6. The molecule has 0 spiro atoms. The maximum Gasteiger partial charge on any atom is 0.279 e. The third kappa shape index (κ3) is 3.85. The molecule has 0 unspecified atom stereocenters. The average molecular weight is 376 g/mol. The van der Waals surface area contributed by atoms with Crippen molar-refractivity contribution in [3.05, 3.63) is 95.1 Å². The second-order valence-electron chi connectivity index (χ2n) is 6.73. The van der Waals surface area contributed by atoms with Crippen molar-refractivity contribution in [1.82, 2.24) is 5.43 Å². The van der Waals surface area contributed by atoms with Gasteiger partial charge < -0.3 is 9.84 Å². The zero-order valence-corrected chi connectivity index (χ0v) is 16.2. The number of ether oxygens (including phenoxy) is 1. The lowest BCUT2D eigenvalue weighted by molar-refractivity contribution is -0.136. The molecule has 0 fully saturated rings. The third-order valence-corrected chi connectivity index (χ3v) is 4.62. The Bertz CT molecular complexity index is 939. The van der Waals surface area contributed by atoms with E-state index >= 15 is 0 Å². The van der Waals surface area contributed by atoms with Crippen LogP contribution < -0.4 is 15.6 Å². The molecule has 28 heavy (non-hydrogen) atoms. The van der Waals surface area contributed by atoms with Gasteiger partial charge in [-0.1, -0.05) is 71.8 Å². The van der Waals surface area contributed by atoms with Crippen molar-refractivity contribution in [2.24, 2.45) is 0 Å². The van der Waals surface area contributed by atoms with Crippen molar-refractivity contribution in [2.75, 3.05) is 12.5 Å². The van der Waals surface area contributed by atoms with Crippen molar-refractivity contribution >= 4 is 11.6 Å². The number of aliphatic hydroxyl groups is 1. The van der Waals surface area contributed by atoms with Crippen LogP contribution in [0.5, 0.6) is 5.75 Å². The van der Waals surface area contributed by atoms with E-state index in [1.165, 1.54) is 0 Å². The predicted molar refractivity (Wildman–Crippen MR) is 110 cm³/mol. The summed E-state index contributed by atoms with van der Waals surface area (Å²) in [6, 6.07) is 21.8. The van der Waals surface area contributed by atoms with Gasteiger partial charge in [-0.3, -0.25) is 15.6 Å². The summed E-state index contributed by atoms with van der Waals surface area (Å²) < 4.78 is 5.29. The number of para-hydroxylation sites is 2. The van der Waals surface area contributed by atoms with Crippen molar-refractivity contribution in [1.29, 1.82) is 0 Å². The fourth-order valence-corrected chi connectivity index (χ4v) is 3.13. The molecular weight excluding hydrogens is 352 g/mol. The Labute approximate surface area is 165 Å². The van der Waals surface area contributed by atoms with E-state index in [1.807, 2.05) is 62.4 Å². The number of carbonyl (C=O) groups is 1. The third-order valence-electron chi connectivity index (χ3n) is 4.62. The Hall–Kier alpha value is -3.31. The zero-order valence-electron chi connectivity index (χ0n) is 16.2. The molecule has 5 heteroatoms. The van der Waals surface area contributed by atoms with Crippen molar-refractivity contribution in [2.45, 2.75) is 19.4 Å². The van der Waals surface area contributed by atoms with Crippen molar-refractivity contribution < 1.29 is 14.6 Å². The molecule has 144 valence electrons. The Morgan fingerprint density at radius 1 is 0.893 bits per heavy atom. The second-order valence-corrected chi connectivity index (χ2v) is 6.73. The molecule has 0 aliphatic carbocycles. The highest BCUT2D eigenvalue weighted by atomic mass is 16.5. The van der Waals surface area contributed by atoms with Gasteiger partial charge in [-0.2, -0.15) is 0 Å². The smallest absolute Gasteiger partial charge is 0.279 e. The Kier molecular flexibility index (Phi) is 5.66. The SMILES string of the molecule is COc1ccccc1NNC(=O)C(O)(c1cccc(C)c1)c1cccc(C)c1. The van der Waals surface area contributed by atoms with Gasteiger partial charge in [-0.25, -0.2) is 0 Å². The summed E-state index contributed by atoms with van der Waals surface area (Å²) in [5, 5.41) is 11.6. The van der Waals surface area contributed by atoms with Gasteiger partial charge in [-0.05, 0) is 37.1 Å². The lowest BCUT2D eigenvalue weighted by Crippen LogP contribution is -2.47. The molecule has 3 rings (SSSR count). The van der Waals surface area contributed by atoms with Crippen LogP contribution in [-0.4, -0.2) is 18.1 Å². The van der Waals surface area contributed by atoms with Gasteiger partial charge >= 0.3 is 0 Å². The van der Waals surface area contributed by atoms with Crippen LogP contribution in [0.15, 0.2) is 72.8 Å². The van der Waals surface area contributed by atoms with Crippen LogP contribution in [0.25, 0.3) is 0 Å². The monoisotopic (exact) mass is 376 g/mol. The first-order valence-corrected chi connectivity index (χ1v) is 9.01. The van der Waals surface area contributed by atoms with Gasteiger partial charge in [0.05, 0.1) is 12.8 Å². The number of hydrogen-bond donors (Lipinski definition) is 3. The van der Waals surface area contributed by atoms with Crippen molar-refractivity contribution in [3.63, 3.8) is 0 Å². The van der Waals surface area contributed by atoms with Gasteiger partial charge in [0.15, 0.2) is 5.60 Å². The van der Waals surface area contributed by atoms with E-state index in [4.69, 9.17) is 4.74 Å². The number of methoxy groups -OCH3 is 1. The van der Waals surface area contributed by atoms with Gasteiger partial charge in [-0.15, -0.1) is 0 Å². The number of hydrazine groups is 1. The molecule has 3 N–H and O–H groups in total. The number of amides is 1. The Balaban J connectivity index is 1.98. The summed E-state index contributed by atoms with van der Waals surface area (Å²) in [7, 11) is 1.55. The summed E-state index contributed by atoms with van der Waals surface area (Å²) in [6.45, 7) is 3.84. The van der Waals surface area contributed by atoms with Gasteiger partial charge in [0.2, 0.25) is 0 Å². The molecule has 0 saturated heterocycles. The number of nitrogens with one attached hydrogen (secondary N) is 2. The maximum atomic E-state index is 13.2. The first-order valence-electron chi connectivity index (χ1n) is 9.01. The molecule has 0 radical (unpaired) electrons. The summed E-state index contributed by atoms with van der Waals surface area (Å²) >= 11 is 0. The quantitative estimate of drug-likeness (QED) is 0.574. The topological polar surface area (TPSA) is 70.6 Å². The van der Waals surface area contributed by atoms with E-state index in [1.54, 1.807) is 31.4 Å². The fraction of sp³-hybridized carbons (Fsp3) is 0.174. The first-order chi connectivity index (χ1) is 13.4. The highest BCUT2D eigenvalue weighted by Crippen LogP contribution is 2.31. The Morgan fingerprint density at radius 3 is 2.00 bits per heavy atom. The van der Waals surface area contributed by atoms with E-state index in [0.717, 1.165) is 11.1 Å². The lowest BCUT2D eigenvalue weighted by Gasteiger charge is -2.29. The molecule has 0 heterocycles. The van der Waals surface area contributed by atoms with Crippen LogP contribution in [0.4, 0.5) is 5.69 Å². The van der Waals surface area contributed by atoms with E-state index in [0.29, 0.717) is 22.6 Å². The van der Waals surface area contributed by atoms with Crippen LogP contribution in [0.2, 0.25) is 0 Å². The summed E-state index contributed by atoms with van der Waals surface area (Å²) in [5.74, 6) is -0.00735. The lowest BCUT2D eigenvalue weighted by atomic mass is 9.84. The normalized spacial score (nSPS) is 11.0. The zero-order chi connectivity index (χ0) is 20.1. The molecule has 0 aliphatic rings. The number of carbonyl (C=O) groups excluding carboxylic acids is 1. The molecule has 3 aromatic rings. The molecule has 0 bridgehead atoms. The van der Waals surface area contributed by atoms with Crippen LogP contribution in [0.1, 0.15) is 22.3 Å². The van der Waals surface area contributed by atoms with E-state index < -0.39 is 11.5 Å². The van der Waals surface area contributed by atoms with Gasteiger partial charge in [0, 0.05) is 0 Å². The van der Waals surface area contributed by atoms with E-state index in [9.17, 15) is 9.90 Å². The maximum absolute atomic E-state index is 13.2. The first kappa shape index (κ1) is 19.5. The molecule has 0 atom stereocenters. The molecule has 1 amide bonds. The minimum absolute atomic E-state index is 0.498. The van der Waals surface area contributed by atoms with Gasteiger partial charge in [0.1, 0.15) is 5.75 Å². The average Bonchev–Trinajstić information content (AvgIpc) is 2.71. The Morgan fingerprint density at radius 2 is 1.46 bits per heavy atom. The van der Waals surface area contributed by atoms with Crippen molar-refractivity contribution in [3.8, 4) is 5.75 Å². The number of hydrogen-bond acceptors (Lipinski definition) is 4. The van der Waals surface area contributed by atoms with Gasteiger partial charge in [0.25, 0.3) is 5.91 Å². The van der Waals surface area contributed by atoms with E-state index in [-0.39, 0.29) is 0 Å². The molecular formula is C23H24N2O3. The molecule has 3 aromatic carbocycles. The van der Waals surface area contributed by atoms with Crippen LogP contribution in [0, 0.1) is 13.8 Å². The molecule has 0 aromatic heterocycles. The van der Waals surface area contributed by atoms with Crippen LogP contribution >= 0.6 is 0 Å². The second kappa shape index (κ2) is 8.15. The predicted octanol–water partition coefficient (Wildman–Crippen LogP) is 3.69. The number of benzene rings is 3. The summed E-state index contributed by atoms with van der Waals surface area (Å²) in [5.41, 5.74) is 7.12. The number of aryl methyl sites for hydroxylation is 2. The largest absolute Gasteiger partial charge is 0.495 e. The minimum atomic E-state index is -1.85. The molecule has 0 saturated carbocycles. The molecule has 0 aliphatic heterocycles.